The summed E-state index contributed by atoms with van der Waals surface area (Å²) in [7, 11) is 2.23. The van der Waals surface area contributed by atoms with E-state index in [4.69, 9.17) is 4.74 Å². The van der Waals surface area contributed by atoms with Gasteiger partial charge in [-0.1, -0.05) is 36.8 Å². The van der Waals surface area contributed by atoms with E-state index in [0.29, 0.717) is 18.7 Å². The first-order chi connectivity index (χ1) is 10.7. The van der Waals surface area contributed by atoms with E-state index < -0.39 is 5.60 Å². The molecule has 2 saturated heterocycles. The highest BCUT2D eigenvalue weighted by molar-refractivity contribution is 5.13. The van der Waals surface area contributed by atoms with Gasteiger partial charge in [0.25, 0.3) is 0 Å². The van der Waals surface area contributed by atoms with Gasteiger partial charge in [-0.3, -0.25) is 0 Å². The van der Waals surface area contributed by atoms with Gasteiger partial charge in [-0.15, -0.1) is 0 Å². The van der Waals surface area contributed by atoms with Gasteiger partial charge in [0, 0.05) is 18.7 Å². The molecule has 0 spiro atoms. The molecule has 2 fully saturated rings. The summed E-state index contributed by atoms with van der Waals surface area (Å²) >= 11 is 0. The standard InChI is InChI=1S/C19H29NO2/c1-20-17-9-5-10-18(20)14-19(21,13-17)11-6-12-22-15-16-7-3-2-4-8-16/h2-4,7-8,17-18,21H,5-6,9-15H2,1H3. The van der Waals surface area contributed by atoms with E-state index in [2.05, 4.69) is 24.1 Å². The van der Waals surface area contributed by atoms with E-state index >= 15 is 0 Å². The fraction of sp³-hybridized carbons (Fsp3) is 0.684. The number of piperidine rings is 2. The fourth-order valence-electron chi connectivity index (χ4n) is 4.22. The number of hydrogen-bond acceptors (Lipinski definition) is 3. The fourth-order valence-corrected chi connectivity index (χ4v) is 4.22. The van der Waals surface area contributed by atoms with E-state index in [-0.39, 0.29) is 0 Å². The van der Waals surface area contributed by atoms with Crippen molar-refractivity contribution >= 4 is 0 Å². The van der Waals surface area contributed by atoms with Crippen LogP contribution in [0, 0.1) is 0 Å². The van der Waals surface area contributed by atoms with E-state index in [1.165, 1.54) is 24.8 Å². The lowest BCUT2D eigenvalue weighted by atomic mass is 9.74. The molecular formula is C19H29NO2. The third-order valence-corrected chi connectivity index (χ3v) is 5.50. The minimum Gasteiger partial charge on any atom is -0.390 e. The summed E-state index contributed by atoms with van der Waals surface area (Å²) in [5, 5.41) is 10.9. The van der Waals surface area contributed by atoms with Crippen molar-refractivity contribution in [3.8, 4) is 0 Å². The summed E-state index contributed by atoms with van der Waals surface area (Å²) in [6.07, 6.45) is 7.54. The zero-order valence-electron chi connectivity index (χ0n) is 13.7. The van der Waals surface area contributed by atoms with Crippen molar-refractivity contribution in [2.24, 2.45) is 0 Å². The predicted octanol–water partition coefficient (Wildman–Crippen LogP) is 3.36. The number of nitrogens with zero attached hydrogens (tertiary/aromatic N) is 1. The zero-order chi connectivity index (χ0) is 15.4. The Labute approximate surface area is 134 Å². The smallest absolute Gasteiger partial charge is 0.0716 e. The summed E-state index contributed by atoms with van der Waals surface area (Å²) in [6, 6.07) is 11.5. The molecule has 1 N–H and O–H groups in total. The largest absolute Gasteiger partial charge is 0.390 e. The van der Waals surface area contributed by atoms with Gasteiger partial charge in [-0.25, -0.2) is 0 Å². The second kappa shape index (κ2) is 7.12. The second-order valence-corrected chi connectivity index (χ2v) is 7.18. The van der Waals surface area contributed by atoms with Crippen LogP contribution in [0.2, 0.25) is 0 Å². The molecule has 122 valence electrons. The number of rotatable bonds is 6. The summed E-state index contributed by atoms with van der Waals surface area (Å²) in [6.45, 7) is 1.41. The zero-order valence-corrected chi connectivity index (χ0v) is 13.7. The van der Waals surface area contributed by atoms with Crippen LogP contribution in [0.1, 0.15) is 50.5 Å². The maximum atomic E-state index is 10.9. The molecule has 0 aromatic heterocycles. The number of benzene rings is 1. The first kappa shape index (κ1) is 16.0. The number of ether oxygens (including phenoxy) is 1. The minimum atomic E-state index is -0.460. The molecule has 0 radical (unpaired) electrons. The quantitative estimate of drug-likeness (QED) is 0.818. The lowest BCUT2D eigenvalue weighted by molar-refractivity contribution is -0.0901. The Bertz CT molecular complexity index is 448. The maximum absolute atomic E-state index is 10.9. The lowest BCUT2D eigenvalue weighted by Crippen LogP contribution is -2.56. The van der Waals surface area contributed by atoms with Crippen molar-refractivity contribution in [3.63, 3.8) is 0 Å². The Kier molecular flexibility index (Phi) is 5.17. The molecule has 3 rings (SSSR count). The average molecular weight is 303 g/mol. The molecule has 0 amide bonds. The molecule has 2 atom stereocenters. The highest BCUT2D eigenvalue weighted by Crippen LogP contribution is 2.40. The van der Waals surface area contributed by atoms with Crippen LogP contribution in [0.5, 0.6) is 0 Å². The van der Waals surface area contributed by atoms with Crippen molar-refractivity contribution in [1.29, 1.82) is 0 Å². The first-order valence-corrected chi connectivity index (χ1v) is 8.72. The highest BCUT2D eigenvalue weighted by Gasteiger charge is 2.43. The third kappa shape index (κ3) is 3.89. The van der Waals surface area contributed by atoms with Crippen molar-refractivity contribution < 1.29 is 9.84 Å². The molecule has 3 heteroatoms. The van der Waals surface area contributed by atoms with Crippen LogP contribution in [0.15, 0.2) is 30.3 Å². The summed E-state index contributed by atoms with van der Waals surface area (Å²) in [4.78, 5) is 2.50. The van der Waals surface area contributed by atoms with Crippen LogP contribution in [-0.2, 0) is 11.3 Å². The molecule has 2 bridgehead atoms. The van der Waals surface area contributed by atoms with Gasteiger partial charge in [0.05, 0.1) is 12.2 Å². The second-order valence-electron chi connectivity index (χ2n) is 7.18. The Morgan fingerprint density at radius 2 is 1.86 bits per heavy atom. The average Bonchev–Trinajstić information content (AvgIpc) is 2.50. The molecule has 2 heterocycles. The molecule has 3 nitrogen and oxygen atoms in total. The van der Waals surface area contributed by atoms with Gasteiger partial charge < -0.3 is 14.7 Å². The van der Waals surface area contributed by atoms with Crippen molar-refractivity contribution in [2.45, 2.75) is 69.2 Å². The SMILES string of the molecule is CN1C2CCCC1CC(O)(CCCOCc1ccccc1)C2. The molecule has 2 aliphatic rings. The first-order valence-electron chi connectivity index (χ1n) is 8.72. The normalized spacial score (nSPS) is 32.1. The van der Waals surface area contributed by atoms with E-state index in [1.807, 2.05) is 18.2 Å². The molecule has 22 heavy (non-hydrogen) atoms. The molecule has 2 unspecified atom stereocenters. The summed E-state index contributed by atoms with van der Waals surface area (Å²) < 4.78 is 5.75. The Morgan fingerprint density at radius 1 is 1.18 bits per heavy atom. The maximum Gasteiger partial charge on any atom is 0.0716 e. The van der Waals surface area contributed by atoms with Gasteiger partial charge in [0.15, 0.2) is 0 Å². The van der Waals surface area contributed by atoms with Crippen LogP contribution in [0.4, 0.5) is 0 Å². The lowest BCUT2D eigenvalue weighted by Gasteiger charge is -2.50. The molecule has 0 aliphatic carbocycles. The topological polar surface area (TPSA) is 32.7 Å². The van der Waals surface area contributed by atoms with Gasteiger partial charge >= 0.3 is 0 Å². The molecule has 2 aliphatic heterocycles. The third-order valence-electron chi connectivity index (χ3n) is 5.50. The minimum absolute atomic E-state index is 0.460. The monoisotopic (exact) mass is 303 g/mol. The molecule has 0 saturated carbocycles. The van der Waals surface area contributed by atoms with Crippen LogP contribution in [0.3, 0.4) is 0 Å². The Morgan fingerprint density at radius 3 is 2.55 bits per heavy atom. The van der Waals surface area contributed by atoms with E-state index in [0.717, 1.165) is 32.3 Å². The predicted molar refractivity (Wildman–Crippen MR) is 88.7 cm³/mol. The van der Waals surface area contributed by atoms with Gasteiger partial charge in [-0.05, 0) is 51.1 Å². The van der Waals surface area contributed by atoms with E-state index in [1.54, 1.807) is 0 Å². The van der Waals surface area contributed by atoms with E-state index in [9.17, 15) is 5.11 Å². The van der Waals surface area contributed by atoms with Crippen molar-refractivity contribution in [2.75, 3.05) is 13.7 Å². The van der Waals surface area contributed by atoms with Crippen molar-refractivity contribution in [1.82, 2.24) is 4.90 Å². The van der Waals surface area contributed by atoms with Gasteiger partial charge in [0.1, 0.15) is 0 Å². The highest BCUT2D eigenvalue weighted by atomic mass is 16.5. The Hall–Kier alpha value is -0.900. The number of aliphatic hydroxyl groups is 1. The van der Waals surface area contributed by atoms with Gasteiger partial charge in [-0.2, -0.15) is 0 Å². The van der Waals surface area contributed by atoms with Crippen LogP contribution < -0.4 is 0 Å². The summed E-state index contributed by atoms with van der Waals surface area (Å²) in [5.41, 5.74) is 0.758. The Balaban J connectivity index is 1.40. The van der Waals surface area contributed by atoms with Crippen molar-refractivity contribution in [3.05, 3.63) is 35.9 Å². The molecule has 1 aromatic carbocycles. The molecular weight excluding hydrogens is 274 g/mol. The van der Waals surface area contributed by atoms with Crippen LogP contribution >= 0.6 is 0 Å². The van der Waals surface area contributed by atoms with Gasteiger partial charge in [0.2, 0.25) is 0 Å². The number of fused-ring (bicyclic) bond motifs is 2. The van der Waals surface area contributed by atoms with Crippen LogP contribution in [-0.4, -0.2) is 41.3 Å². The molecule has 1 aromatic rings. The number of hydrogen-bond donors (Lipinski definition) is 1. The van der Waals surface area contributed by atoms with Crippen LogP contribution in [0.25, 0.3) is 0 Å². The summed E-state index contributed by atoms with van der Waals surface area (Å²) in [5.74, 6) is 0.